The molecule has 1 aromatic heterocycles. The van der Waals surface area contributed by atoms with E-state index < -0.39 is 0 Å². The van der Waals surface area contributed by atoms with Gasteiger partial charge in [0.25, 0.3) is 0 Å². The maximum Gasteiger partial charge on any atom is 0.244 e. The Balaban J connectivity index is 1.90. The van der Waals surface area contributed by atoms with Crippen LogP contribution in [-0.4, -0.2) is 22.9 Å². The monoisotopic (exact) mass is 292 g/mol. The number of nitrogens with one attached hydrogen (secondary N) is 1. The third kappa shape index (κ3) is 2.29. The first-order chi connectivity index (χ1) is 9.66. The van der Waals surface area contributed by atoms with Crippen molar-refractivity contribution in [3.05, 3.63) is 21.9 Å². The highest BCUT2D eigenvalue weighted by Gasteiger charge is 2.51. The topological polar surface area (TPSA) is 32.3 Å². The number of rotatable bonds is 3. The first kappa shape index (κ1) is 14.1. The maximum atomic E-state index is 12.9. The van der Waals surface area contributed by atoms with Crippen molar-refractivity contribution < 1.29 is 4.79 Å². The summed E-state index contributed by atoms with van der Waals surface area (Å²) in [5.41, 5.74) is -0.268. The molecule has 1 atom stereocenters. The lowest BCUT2D eigenvalue weighted by Crippen LogP contribution is -2.48. The second kappa shape index (κ2) is 5.49. The molecule has 1 amide bonds. The minimum atomic E-state index is -0.268. The first-order valence-electron chi connectivity index (χ1n) is 7.81. The van der Waals surface area contributed by atoms with Crippen molar-refractivity contribution in [2.75, 3.05) is 6.54 Å². The van der Waals surface area contributed by atoms with E-state index in [4.69, 9.17) is 0 Å². The van der Waals surface area contributed by atoms with Crippen LogP contribution in [-0.2, 0) is 4.79 Å². The van der Waals surface area contributed by atoms with Crippen molar-refractivity contribution in [2.24, 2.45) is 0 Å². The van der Waals surface area contributed by atoms with Crippen LogP contribution in [0, 0.1) is 6.92 Å². The molecule has 1 aliphatic heterocycles. The molecule has 3 rings (SSSR count). The lowest BCUT2D eigenvalue weighted by Gasteiger charge is -2.31. The van der Waals surface area contributed by atoms with Crippen LogP contribution in [0.4, 0.5) is 0 Å². The van der Waals surface area contributed by atoms with E-state index in [0.717, 1.165) is 25.8 Å². The van der Waals surface area contributed by atoms with Crippen molar-refractivity contribution in [2.45, 2.75) is 64.1 Å². The molecule has 1 unspecified atom stereocenters. The fourth-order valence-electron chi connectivity index (χ4n) is 3.60. The Morgan fingerprint density at radius 1 is 1.35 bits per heavy atom. The Labute approximate surface area is 125 Å². The molecule has 110 valence electrons. The van der Waals surface area contributed by atoms with Crippen LogP contribution >= 0.6 is 11.3 Å². The van der Waals surface area contributed by atoms with Gasteiger partial charge in [-0.15, -0.1) is 11.3 Å². The second-order valence-corrected chi connectivity index (χ2v) is 7.46. The molecular formula is C16H24N2OS. The number of nitrogens with zero attached hydrogens (tertiary/aromatic N) is 1. The Morgan fingerprint density at radius 2 is 2.10 bits per heavy atom. The van der Waals surface area contributed by atoms with Crippen molar-refractivity contribution >= 4 is 17.2 Å². The zero-order valence-corrected chi connectivity index (χ0v) is 13.3. The number of carbonyl (C=O) groups is 1. The van der Waals surface area contributed by atoms with E-state index in [1.165, 1.54) is 29.0 Å². The standard InChI is InChI=1S/C16H24N2OS/c1-3-11-18-14(13-8-7-12(2)20-13)17-16(15(18)19)9-5-4-6-10-16/h7-8,14,17H,3-6,9-11H2,1-2H3. The van der Waals surface area contributed by atoms with Crippen molar-refractivity contribution in [1.29, 1.82) is 0 Å². The lowest BCUT2D eigenvalue weighted by atomic mass is 9.81. The highest BCUT2D eigenvalue weighted by molar-refractivity contribution is 7.12. The van der Waals surface area contributed by atoms with Gasteiger partial charge < -0.3 is 4.90 Å². The molecule has 2 fully saturated rings. The van der Waals surface area contributed by atoms with E-state index in [-0.39, 0.29) is 11.7 Å². The zero-order chi connectivity index (χ0) is 14.2. The molecule has 20 heavy (non-hydrogen) atoms. The quantitative estimate of drug-likeness (QED) is 0.923. The number of hydrogen-bond donors (Lipinski definition) is 1. The molecule has 1 N–H and O–H groups in total. The summed E-state index contributed by atoms with van der Waals surface area (Å²) >= 11 is 1.81. The van der Waals surface area contributed by atoms with E-state index in [9.17, 15) is 4.79 Å². The van der Waals surface area contributed by atoms with Gasteiger partial charge in [0.05, 0.1) is 5.54 Å². The Bertz CT molecular complexity index is 490. The number of amides is 1. The van der Waals surface area contributed by atoms with Gasteiger partial charge >= 0.3 is 0 Å². The molecule has 0 bridgehead atoms. The van der Waals surface area contributed by atoms with Gasteiger partial charge in [-0.25, -0.2) is 0 Å². The molecule has 1 spiro atoms. The average molecular weight is 292 g/mol. The van der Waals surface area contributed by atoms with Gasteiger partial charge in [0.15, 0.2) is 0 Å². The predicted molar refractivity (Wildman–Crippen MR) is 82.8 cm³/mol. The first-order valence-corrected chi connectivity index (χ1v) is 8.63. The van der Waals surface area contributed by atoms with Crippen molar-refractivity contribution in [3.63, 3.8) is 0 Å². The van der Waals surface area contributed by atoms with Gasteiger partial charge in [0.1, 0.15) is 6.17 Å². The Kier molecular flexibility index (Phi) is 3.87. The lowest BCUT2D eigenvalue weighted by molar-refractivity contribution is -0.134. The molecule has 0 aromatic carbocycles. The summed E-state index contributed by atoms with van der Waals surface area (Å²) in [4.78, 5) is 17.6. The van der Waals surface area contributed by atoms with Crippen LogP contribution in [0.5, 0.6) is 0 Å². The highest BCUT2D eigenvalue weighted by atomic mass is 32.1. The fourth-order valence-corrected chi connectivity index (χ4v) is 4.55. The largest absolute Gasteiger partial charge is 0.320 e. The molecule has 1 aliphatic carbocycles. The van der Waals surface area contributed by atoms with Crippen LogP contribution in [0.2, 0.25) is 0 Å². The fraction of sp³-hybridized carbons (Fsp3) is 0.688. The van der Waals surface area contributed by atoms with Crippen LogP contribution in [0.25, 0.3) is 0 Å². The van der Waals surface area contributed by atoms with Gasteiger partial charge in [0, 0.05) is 16.3 Å². The van der Waals surface area contributed by atoms with Crippen LogP contribution in [0.1, 0.15) is 61.4 Å². The Hall–Kier alpha value is -0.870. The van der Waals surface area contributed by atoms with Gasteiger partial charge in [-0.3, -0.25) is 10.1 Å². The van der Waals surface area contributed by atoms with Crippen molar-refractivity contribution in [1.82, 2.24) is 10.2 Å². The third-order valence-electron chi connectivity index (χ3n) is 4.60. The van der Waals surface area contributed by atoms with E-state index in [1.54, 1.807) is 0 Å². The van der Waals surface area contributed by atoms with Crippen molar-refractivity contribution in [3.8, 4) is 0 Å². The second-order valence-electron chi connectivity index (χ2n) is 6.14. The number of hydrogen-bond acceptors (Lipinski definition) is 3. The molecule has 1 aromatic rings. The number of carbonyl (C=O) groups excluding carboxylic acids is 1. The minimum Gasteiger partial charge on any atom is -0.320 e. The van der Waals surface area contributed by atoms with E-state index in [2.05, 4.69) is 36.2 Å². The SMILES string of the molecule is CCCN1C(=O)C2(CCCCC2)NC1c1ccc(C)s1. The zero-order valence-electron chi connectivity index (χ0n) is 12.4. The molecule has 4 heteroatoms. The van der Waals surface area contributed by atoms with E-state index >= 15 is 0 Å². The Morgan fingerprint density at radius 3 is 2.70 bits per heavy atom. The normalized spacial score (nSPS) is 25.6. The molecule has 2 aliphatic rings. The molecule has 0 radical (unpaired) electrons. The molecule has 3 nitrogen and oxygen atoms in total. The molecule has 1 saturated heterocycles. The van der Waals surface area contributed by atoms with Gasteiger partial charge in [0.2, 0.25) is 5.91 Å². The number of thiophene rings is 1. The molecule has 1 saturated carbocycles. The minimum absolute atomic E-state index is 0.0965. The average Bonchev–Trinajstić information content (AvgIpc) is 2.98. The number of aryl methyl sites for hydroxylation is 1. The summed E-state index contributed by atoms with van der Waals surface area (Å²) in [5.74, 6) is 0.343. The van der Waals surface area contributed by atoms with E-state index in [1.807, 2.05) is 11.3 Å². The van der Waals surface area contributed by atoms with Gasteiger partial charge in [-0.05, 0) is 38.3 Å². The summed E-state index contributed by atoms with van der Waals surface area (Å²) in [6, 6.07) is 4.33. The summed E-state index contributed by atoms with van der Waals surface area (Å²) in [7, 11) is 0. The van der Waals surface area contributed by atoms with E-state index in [0.29, 0.717) is 5.91 Å². The maximum absolute atomic E-state index is 12.9. The highest BCUT2D eigenvalue weighted by Crippen LogP contribution is 2.41. The summed E-state index contributed by atoms with van der Waals surface area (Å²) in [5, 5.41) is 3.71. The predicted octanol–water partition coefficient (Wildman–Crippen LogP) is 3.60. The summed E-state index contributed by atoms with van der Waals surface area (Å²) < 4.78 is 0. The van der Waals surface area contributed by atoms with Crippen LogP contribution < -0.4 is 5.32 Å². The molecular weight excluding hydrogens is 268 g/mol. The summed E-state index contributed by atoms with van der Waals surface area (Å²) in [6.07, 6.45) is 6.75. The van der Waals surface area contributed by atoms with Gasteiger partial charge in [-0.1, -0.05) is 26.2 Å². The molecule has 2 heterocycles. The summed E-state index contributed by atoms with van der Waals surface area (Å²) in [6.45, 7) is 5.14. The van der Waals surface area contributed by atoms with Crippen LogP contribution in [0.3, 0.4) is 0 Å². The smallest absolute Gasteiger partial charge is 0.244 e. The van der Waals surface area contributed by atoms with Gasteiger partial charge in [-0.2, -0.15) is 0 Å². The third-order valence-corrected chi connectivity index (χ3v) is 5.65. The van der Waals surface area contributed by atoms with Crippen LogP contribution in [0.15, 0.2) is 12.1 Å².